The molecule has 0 saturated heterocycles. The van der Waals surface area contributed by atoms with Crippen LogP contribution in [0.3, 0.4) is 0 Å². The average Bonchev–Trinajstić information content (AvgIpc) is 3.02. The van der Waals surface area contributed by atoms with Crippen molar-refractivity contribution in [2.45, 2.75) is 26.4 Å². The summed E-state index contributed by atoms with van der Waals surface area (Å²) in [6.07, 6.45) is 2.69. The highest BCUT2D eigenvalue weighted by atomic mass is 127. The van der Waals surface area contributed by atoms with Crippen LogP contribution in [-0.4, -0.2) is 41.2 Å². The summed E-state index contributed by atoms with van der Waals surface area (Å²) in [5.41, 5.74) is 3.22. The lowest BCUT2D eigenvalue weighted by atomic mass is 10.2. The topological polar surface area (TPSA) is 76.4 Å². The monoisotopic (exact) mass is 494 g/mol. The van der Waals surface area contributed by atoms with Crippen LogP contribution in [0.1, 0.15) is 17.8 Å². The Hall–Kier alpha value is -2.36. The number of benzene rings is 1. The van der Waals surface area contributed by atoms with Gasteiger partial charge in [0.15, 0.2) is 5.96 Å². The minimum Gasteiger partial charge on any atom is -0.481 e. The lowest BCUT2D eigenvalue weighted by Gasteiger charge is -2.13. The van der Waals surface area contributed by atoms with Gasteiger partial charge in [0, 0.05) is 38.4 Å². The molecule has 28 heavy (non-hydrogen) atoms. The maximum Gasteiger partial charge on any atom is 0.218 e. The summed E-state index contributed by atoms with van der Waals surface area (Å²) in [4.78, 5) is 13.1. The minimum absolute atomic E-state index is 0. The number of pyridine rings is 1. The second-order valence-corrected chi connectivity index (χ2v) is 6.18. The number of guanidine groups is 1. The quantitative estimate of drug-likeness (QED) is 0.229. The number of para-hydroxylation sites is 2. The molecule has 0 amide bonds. The first kappa shape index (κ1) is 21.9. The van der Waals surface area contributed by atoms with Crippen LogP contribution < -0.4 is 15.4 Å². The van der Waals surface area contributed by atoms with Gasteiger partial charge in [-0.25, -0.2) is 9.97 Å². The first-order valence-electron chi connectivity index (χ1n) is 9.07. The average molecular weight is 494 g/mol. The number of aromatic nitrogens is 3. The number of methoxy groups -OCH3 is 1. The molecule has 2 N–H and O–H groups in total. The van der Waals surface area contributed by atoms with Crippen molar-refractivity contribution in [3.63, 3.8) is 0 Å². The zero-order valence-electron chi connectivity index (χ0n) is 16.5. The Morgan fingerprint density at radius 2 is 2.00 bits per heavy atom. The molecular formula is C20H27IN6O. The number of imidazole rings is 1. The first-order chi connectivity index (χ1) is 13.2. The predicted octanol–water partition coefficient (Wildman–Crippen LogP) is 3.12. The van der Waals surface area contributed by atoms with Crippen LogP contribution in [0, 0.1) is 6.92 Å². The summed E-state index contributed by atoms with van der Waals surface area (Å²) in [6.45, 7) is 4.37. The van der Waals surface area contributed by atoms with E-state index in [9.17, 15) is 0 Å². The van der Waals surface area contributed by atoms with Crippen LogP contribution in [0.4, 0.5) is 0 Å². The molecular weight excluding hydrogens is 467 g/mol. The fraction of sp³-hybridized carbons (Fsp3) is 0.350. The SMILES string of the molecule is CN=C(NCCCn1c(C)nc2ccccc21)NCc1cccnc1OC.I. The molecule has 1 aromatic carbocycles. The molecule has 7 nitrogen and oxygen atoms in total. The van der Waals surface area contributed by atoms with E-state index in [0.29, 0.717) is 12.4 Å². The molecule has 0 bridgehead atoms. The number of ether oxygens (including phenoxy) is 1. The van der Waals surface area contributed by atoms with Gasteiger partial charge >= 0.3 is 0 Å². The Morgan fingerprint density at radius 3 is 2.79 bits per heavy atom. The zero-order chi connectivity index (χ0) is 19.1. The van der Waals surface area contributed by atoms with Crippen molar-refractivity contribution in [2.24, 2.45) is 4.99 Å². The number of halogens is 1. The Bertz CT molecular complexity index is 924. The molecule has 2 aromatic heterocycles. The third-order valence-electron chi connectivity index (χ3n) is 4.41. The number of rotatable bonds is 7. The van der Waals surface area contributed by atoms with E-state index in [1.165, 1.54) is 5.52 Å². The van der Waals surface area contributed by atoms with E-state index in [1.54, 1.807) is 20.4 Å². The maximum atomic E-state index is 5.28. The molecule has 0 saturated carbocycles. The maximum absolute atomic E-state index is 5.28. The molecule has 0 aliphatic heterocycles. The number of nitrogens with one attached hydrogen (secondary N) is 2. The summed E-state index contributed by atoms with van der Waals surface area (Å²) < 4.78 is 7.54. The standard InChI is InChI=1S/C20H26N6O.HI/c1-15-25-17-9-4-5-10-18(17)26(15)13-7-12-23-20(21-2)24-14-16-8-6-11-22-19(16)27-3;/h4-6,8-11H,7,12-14H2,1-3H3,(H2,21,23,24);1H. The molecule has 0 unspecified atom stereocenters. The molecule has 0 radical (unpaired) electrons. The highest BCUT2D eigenvalue weighted by Gasteiger charge is 2.07. The summed E-state index contributed by atoms with van der Waals surface area (Å²) in [6, 6.07) is 12.1. The van der Waals surface area contributed by atoms with Gasteiger partial charge in [0.05, 0.1) is 18.1 Å². The van der Waals surface area contributed by atoms with E-state index >= 15 is 0 Å². The lowest BCUT2D eigenvalue weighted by Crippen LogP contribution is -2.37. The van der Waals surface area contributed by atoms with Gasteiger partial charge in [-0.1, -0.05) is 18.2 Å². The number of hydrogen-bond donors (Lipinski definition) is 2. The van der Waals surface area contributed by atoms with Crippen molar-refractivity contribution in [3.05, 3.63) is 54.0 Å². The summed E-state index contributed by atoms with van der Waals surface area (Å²) in [7, 11) is 3.39. The Balaban J connectivity index is 0.00000280. The van der Waals surface area contributed by atoms with Crippen LogP contribution in [0.15, 0.2) is 47.6 Å². The molecule has 0 atom stereocenters. The van der Waals surface area contributed by atoms with Crippen LogP contribution in [-0.2, 0) is 13.1 Å². The molecule has 0 spiro atoms. The van der Waals surface area contributed by atoms with Crippen molar-refractivity contribution in [3.8, 4) is 5.88 Å². The molecule has 0 fully saturated rings. The third-order valence-corrected chi connectivity index (χ3v) is 4.41. The molecule has 0 aliphatic rings. The van der Waals surface area contributed by atoms with E-state index < -0.39 is 0 Å². The molecule has 3 aromatic rings. The van der Waals surface area contributed by atoms with Crippen LogP contribution in [0.5, 0.6) is 5.88 Å². The molecule has 8 heteroatoms. The Kier molecular flexibility index (Phi) is 8.49. The fourth-order valence-corrected chi connectivity index (χ4v) is 3.06. The lowest BCUT2D eigenvalue weighted by molar-refractivity contribution is 0.392. The van der Waals surface area contributed by atoms with Gasteiger partial charge in [0.2, 0.25) is 5.88 Å². The van der Waals surface area contributed by atoms with E-state index in [2.05, 4.69) is 55.3 Å². The predicted molar refractivity (Wildman–Crippen MR) is 123 cm³/mol. The number of fused-ring (bicyclic) bond motifs is 1. The third kappa shape index (κ3) is 5.34. The van der Waals surface area contributed by atoms with Crippen LogP contribution in [0.2, 0.25) is 0 Å². The molecule has 2 heterocycles. The van der Waals surface area contributed by atoms with Crippen molar-refractivity contribution in [2.75, 3.05) is 20.7 Å². The van der Waals surface area contributed by atoms with Gasteiger partial charge < -0.3 is 19.9 Å². The summed E-state index contributed by atoms with van der Waals surface area (Å²) in [5, 5.41) is 6.65. The van der Waals surface area contributed by atoms with Gasteiger partial charge in [-0.3, -0.25) is 4.99 Å². The fourth-order valence-electron chi connectivity index (χ4n) is 3.06. The van der Waals surface area contributed by atoms with Gasteiger partial charge in [-0.15, -0.1) is 24.0 Å². The van der Waals surface area contributed by atoms with Gasteiger partial charge in [0.25, 0.3) is 0 Å². The summed E-state index contributed by atoms with van der Waals surface area (Å²) in [5.74, 6) is 2.43. The number of hydrogen-bond acceptors (Lipinski definition) is 4. The number of aliphatic imine (C=N–C) groups is 1. The van der Waals surface area contributed by atoms with Gasteiger partial charge in [-0.05, 0) is 31.5 Å². The van der Waals surface area contributed by atoms with E-state index in [4.69, 9.17) is 4.74 Å². The largest absolute Gasteiger partial charge is 0.481 e. The number of aryl methyl sites for hydroxylation is 2. The molecule has 3 rings (SSSR count). The molecule has 150 valence electrons. The van der Waals surface area contributed by atoms with Crippen LogP contribution >= 0.6 is 24.0 Å². The second kappa shape index (κ2) is 10.8. The van der Waals surface area contributed by atoms with Crippen molar-refractivity contribution < 1.29 is 4.74 Å². The van der Waals surface area contributed by atoms with E-state index in [-0.39, 0.29) is 24.0 Å². The van der Waals surface area contributed by atoms with Crippen molar-refractivity contribution in [1.82, 2.24) is 25.2 Å². The van der Waals surface area contributed by atoms with E-state index in [0.717, 1.165) is 42.4 Å². The van der Waals surface area contributed by atoms with E-state index in [1.807, 2.05) is 18.2 Å². The Morgan fingerprint density at radius 1 is 1.18 bits per heavy atom. The summed E-state index contributed by atoms with van der Waals surface area (Å²) >= 11 is 0. The van der Waals surface area contributed by atoms with Gasteiger partial charge in [-0.2, -0.15) is 0 Å². The second-order valence-electron chi connectivity index (χ2n) is 6.18. The normalized spacial score (nSPS) is 11.2. The highest BCUT2D eigenvalue weighted by molar-refractivity contribution is 14.0. The number of nitrogens with zero attached hydrogens (tertiary/aromatic N) is 4. The molecule has 0 aliphatic carbocycles. The first-order valence-corrected chi connectivity index (χ1v) is 9.07. The Labute approximate surface area is 182 Å². The highest BCUT2D eigenvalue weighted by Crippen LogP contribution is 2.15. The van der Waals surface area contributed by atoms with Crippen molar-refractivity contribution in [1.29, 1.82) is 0 Å². The smallest absolute Gasteiger partial charge is 0.218 e. The van der Waals surface area contributed by atoms with Gasteiger partial charge in [0.1, 0.15) is 5.82 Å². The van der Waals surface area contributed by atoms with Crippen LogP contribution in [0.25, 0.3) is 11.0 Å². The zero-order valence-corrected chi connectivity index (χ0v) is 18.8. The minimum atomic E-state index is 0. The van der Waals surface area contributed by atoms with Crippen molar-refractivity contribution >= 4 is 41.0 Å².